The van der Waals surface area contributed by atoms with Gasteiger partial charge < -0.3 is 40.3 Å². The lowest BCUT2D eigenvalue weighted by Gasteiger charge is -2.40. The van der Waals surface area contributed by atoms with Crippen LogP contribution in [0.3, 0.4) is 0 Å². The van der Waals surface area contributed by atoms with Crippen molar-refractivity contribution in [2.45, 2.75) is 384 Å². The monoisotopic (exact) mass is 1100 g/mol. The molecule has 6 N–H and O–H groups in total. The lowest BCUT2D eigenvalue weighted by molar-refractivity contribution is -0.302. The zero-order valence-corrected chi connectivity index (χ0v) is 51.4. The number of carbonyl (C=O) groups is 1. The highest BCUT2D eigenvalue weighted by molar-refractivity contribution is 5.76. The molecule has 1 aliphatic heterocycles. The fourth-order valence-electron chi connectivity index (χ4n) is 11.1. The van der Waals surface area contributed by atoms with Crippen molar-refractivity contribution >= 4 is 5.91 Å². The molecule has 0 aliphatic carbocycles. The molecule has 7 atom stereocenters. The summed E-state index contributed by atoms with van der Waals surface area (Å²) in [6, 6.07) is -0.823. The van der Waals surface area contributed by atoms with Gasteiger partial charge in [0.05, 0.1) is 25.4 Å². The van der Waals surface area contributed by atoms with E-state index in [1.807, 2.05) is 6.08 Å². The van der Waals surface area contributed by atoms with E-state index in [0.717, 1.165) is 38.5 Å². The zero-order chi connectivity index (χ0) is 56.5. The molecule has 9 nitrogen and oxygen atoms in total. The van der Waals surface area contributed by atoms with Crippen LogP contribution in [-0.4, -0.2) is 87.5 Å². The predicted molar refractivity (Wildman–Crippen MR) is 332 cm³/mol. The van der Waals surface area contributed by atoms with Crippen molar-refractivity contribution in [3.8, 4) is 0 Å². The standard InChI is InChI=1S/C69H131NO8/c1-3-5-7-9-11-13-15-17-19-21-23-25-27-29-30-31-32-33-35-36-38-40-42-44-46-48-50-52-54-56-58-63(72)62(61-77-69-68(76)67(75)66(74)64(60-71)78-69)70-65(73)59-57-55-53-51-49-47-45-43-41-39-37-34-28-26-24-22-20-18-16-14-12-10-8-6-4-2/h22,24,48,50,56,58,62-64,66-69,71-72,74-76H,3-21,23,25-47,49,51-55,57,59-61H2,1-2H3,(H,70,73)/b24-22-,50-48+,58-56+. The molecule has 7 unspecified atom stereocenters. The van der Waals surface area contributed by atoms with E-state index in [-0.39, 0.29) is 12.5 Å². The first-order valence-corrected chi connectivity index (χ1v) is 34.2. The van der Waals surface area contributed by atoms with Crippen LogP contribution in [0.4, 0.5) is 0 Å². The van der Waals surface area contributed by atoms with Crippen molar-refractivity contribution < 1.29 is 39.8 Å². The Balaban J connectivity index is 2.16. The minimum Gasteiger partial charge on any atom is -0.394 e. The molecule has 1 heterocycles. The van der Waals surface area contributed by atoms with Gasteiger partial charge in [0.25, 0.3) is 0 Å². The average molecular weight is 1100 g/mol. The molecular formula is C69H131NO8. The van der Waals surface area contributed by atoms with Crippen molar-refractivity contribution in [1.29, 1.82) is 0 Å². The Labute approximate surface area is 482 Å². The Morgan fingerprint density at radius 1 is 0.423 bits per heavy atom. The molecule has 0 aromatic rings. The van der Waals surface area contributed by atoms with Gasteiger partial charge in [-0.1, -0.05) is 314 Å². The second kappa shape index (κ2) is 58.6. The average Bonchev–Trinajstić information content (AvgIpc) is 3.45. The summed E-state index contributed by atoms with van der Waals surface area (Å²) in [6.07, 6.45) is 71.1. The summed E-state index contributed by atoms with van der Waals surface area (Å²) in [5.74, 6) is -0.181. The van der Waals surface area contributed by atoms with Crippen molar-refractivity contribution in [3.05, 3.63) is 36.5 Å². The number of rotatable bonds is 60. The summed E-state index contributed by atoms with van der Waals surface area (Å²) in [4.78, 5) is 13.1. The molecule has 0 aromatic heterocycles. The van der Waals surface area contributed by atoms with E-state index in [0.29, 0.717) is 6.42 Å². The number of hydrogen-bond donors (Lipinski definition) is 6. The first kappa shape index (κ1) is 74.4. The van der Waals surface area contributed by atoms with Crippen LogP contribution in [-0.2, 0) is 14.3 Å². The summed E-state index contributed by atoms with van der Waals surface area (Å²) >= 11 is 0. The van der Waals surface area contributed by atoms with E-state index in [4.69, 9.17) is 9.47 Å². The Morgan fingerprint density at radius 3 is 1.08 bits per heavy atom. The number of unbranched alkanes of at least 4 members (excludes halogenated alkanes) is 46. The van der Waals surface area contributed by atoms with Crippen molar-refractivity contribution in [3.63, 3.8) is 0 Å². The van der Waals surface area contributed by atoms with Crippen LogP contribution in [0.5, 0.6) is 0 Å². The maximum atomic E-state index is 13.1. The fourth-order valence-corrected chi connectivity index (χ4v) is 11.1. The third-order valence-electron chi connectivity index (χ3n) is 16.4. The number of hydrogen-bond acceptors (Lipinski definition) is 8. The molecule has 0 bridgehead atoms. The van der Waals surface area contributed by atoms with Gasteiger partial charge in [0, 0.05) is 6.42 Å². The van der Waals surface area contributed by atoms with Gasteiger partial charge >= 0.3 is 0 Å². The van der Waals surface area contributed by atoms with E-state index in [2.05, 4.69) is 43.5 Å². The molecule has 0 spiro atoms. The largest absolute Gasteiger partial charge is 0.394 e. The van der Waals surface area contributed by atoms with Gasteiger partial charge in [0.15, 0.2) is 6.29 Å². The third-order valence-corrected chi connectivity index (χ3v) is 16.4. The third kappa shape index (κ3) is 47.0. The van der Waals surface area contributed by atoms with Gasteiger partial charge in [0.2, 0.25) is 5.91 Å². The minimum atomic E-state index is -1.57. The van der Waals surface area contributed by atoms with Crippen LogP contribution in [0, 0.1) is 0 Å². The molecular weight excluding hydrogens is 971 g/mol. The van der Waals surface area contributed by atoms with Gasteiger partial charge in [-0.3, -0.25) is 4.79 Å². The van der Waals surface area contributed by atoms with E-state index >= 15 is 0 Å². The van der Waals surface area contributed by atoms with Gasteiger partial charge in [-0.2, -0.15) is 0 Å². The predicted octanol–water partition coefficient (Wildman–Crippen LogP) is 18.3. The Hall–Kier alpha value is -1.59. The Morgan fingerprint density at radius 2 is 0.731 bits per heavy atom. The summed E-state index contributed by atoms with van der Waals surface area (Å²) in [6.45, 7) is 3.81. The molecule has 0 aromatic carbocycles. The van der Waals surface area contributed by atoms with Crippen LogP contribution < -0.4 is 5.32 Å². The molecule has 1 fully saturated rings. The van der Waals surface area contributed by atoms with Crippen LogP contribution in [0.25, 0.3) is 0 Å². The molecule has 460 valence electrons. The summed E-state index contributed by atoms with van der Waals surface area (Å²) in [7, 11) is 0. The normalized spacial score (nSPS) is 18.8. The van der Waals surface area contributed by atoms with E-state index in [9.17, 15) is 30.3 Å². The topological polar surface area (TPSA) is 149 Å². The molecule has 0 saturated carbocycles. The van der Waals surface area contributed by atoms with E-state index in [1.165, 1.54) is 283 Å². The first-order valence-electron chi connectivity index (χ1n) is 34.2. The lowest BCUT2D eigenvalue weighted by atomic mass is 9.99. The van der Waals surface area contributed by atoms with Gasteiger partial charge in [0.1, 0.15) is 24.4 Å². The summed E-state index contributed by atoms with van der Waals surface area (Å²) in [5.41, 5.74) is 0. The number of aliphatic hydroxyl groups is 5. The number of ether oxygens (including phenoxy) is 2. The van der Waals surface area contributed by atoms with Crippen molar-refractivity contribution in [2.24, 2.45) is 0 Å². The Kier molecular flexibility index (Phi) is 55.9. The zero-order valence-electron chi connectivity index (χ0n) is 51.4. The molecule has 1 saturated heterocycles. The second-order valence-corrected chi connectivity index (χ2v) is 24.0. The van der Waals surface area contributed by atoms with Crippen LogP contribution in [0.2, 0.25) is 0 Å². The Bertz CT molecular complexity index is 1320. The van der Waals surface area contributed by atoms with Crippen LogP contribution >= 0.6 is 0 Å². The number of carbonyl (C=O) groups excluding carboxylic acids is 1. The van der Waals surface area contributed by atoms with Crippen molar-refractivity contribution in [2.75, 3.05) is 13.2 Å². The smallest absolute Gasteiger partial charge is 0.220 e. The highest BCUT2D eigenvalue weighted by Crippen LogP contribution is 2.23. The van der Waals surface area contributed by atoms with Gasteiger partial charge in [-0.05, 0) is 57.8 Å². The molecule has 9 heteroatoms. The van der Waals surface area contributed by atoms with E-state index < -0.39 is 49.5 Å². The van der Waals surface area contributed by atoms with Crippen LogP contribution in [0.15, 0.2) is 36.5 Å². The molecule has 1 amide bonds. The number of aliphatic hydroxyl groups excluding tert-OH is 5. The molecule has 1 aliphatic rings. The molecule has 78 heavy (non-hydrogen) atoms. The highest BCUT2D eigenvalue weighted by atomic mass is 16.7. The number of nitrogens with one attached hydrogen (secondary N) is 1. The van der Waals surface area contributed by atoms with Crippen molar-refractivity contribution in [1.82, 2.24) is 5.32 Å². The van der Waals surface area contributed by atoms with Gasteiger partial charge in [-0.15, -0.1) is 0 Å². The number of allylic oxidation sites excluding steroid dienone is 5. The minimum absolute atomic E-state index is 0.181. The van der Waals surface area contributed by atoms with E-state index in [1.54, 1.807) is 6.08 Å². The van der Waals surface area contributed by atoms with Crippen LogP contribution in [0.1, 0.15) is 341 Å². The lowest BCUT2D eigenvalue weighted by Crippen LogP contribution is -2.60. The number of amides is 1. The summed E-state index contributed by atoms with van der Waals surface area (Å²) < 4.78 is 11.3. The fraction of sp³-hybridized carbons (Fsp3) is 0.899. The highest BCUT2D eigenvalue weighted by Gasteiger charge is 2.44. The second-order valence-electron chi connectivity index (χ2n) is 24.0. The first-order chi connectivity index (χ1) is 38.3. The quantitative estimate of drug-likeness (QED) is 0.0261. The maximum absolute atomic E-state index is 13.1. The van der Waals surface area contributed by atoms with Gasteiger partial charge in [-0.25, -0.2) is 0 Å². The maximum Gasteiger partial charge on any atom is 0.220 e. The SMILES string of the molecule is CCCCCCCCCC/C=C\CCCCCCCCCCCCCCCC(=O)NC(COC1OC(CO)C(O)C(O)C1O)C(O)/C=C/CC/C=C/CCCCCCCCCCCCCCCCCCCCCCCCCC. The summed E-state index contributed by atoms with van der Waals surface area (Å²) in [5, 5.41) is 54.7. The molecule has 0 radical (unpaired) electrons. The molecule has 1 rings (SSSR count).